The number of hydrogen-bond acceptors (Lipinski definition) is 3. The van der Waals surface area contributed by atoms with Gasteiger partial charge in [-0.05, 0) is 19.8 Å². The van der Waals surface area contributed by atoms with Crippen molar-refractivity contribution in [3.63, 3.8) is 0 Å². The molecule has 82 valence electrons. The van der Waals surface area contributed by atoms with E-state index < -0.39 is 0 Å². The number of nitrogens with one attached hydrogen (secondary N) is 1. The van der Waals surface area contributed by atoms with Gasteiger partial charge in [-0.25, -0.2) is 9.97 Å². The zero-order valence-electron chi connectivity index (χ0n) is 9.66. The predicted octanol–water partition coefficient (Wildman–Crippen LogP) is 2.08. The van der Waals surface area contributed by atoms with Crippen LogP contribution in [0, 0.1) is 19.8 Å². The summed E-state index contributed by atoms with van der Waals surface area (Å²) in [5.41, 5.74) is 1.51. The first-order valence-electron chi connectivity index (χ1n) is 5.09. The molecule has 4 heteroatoms. The minimum Gasteiger partial charge on any atom is -0.323 e. The van der Waals surface area contributed by atoms with Crippen molar-refractivity contribution in [1.82, 2.24) is 9.97 Å². The monoisotopic (exact) mass is 207 g/mol. The molecule has 1 rings (SSSR count). The first-order valence-corrected chi connectivity index (χ1v) is 5.09. The molecule has 1 amide bonds. The molecule has 0 saturated carbocycles. The standard InChI is InChI=1S/C11H17N3O/c1-7(2)5-11(15)14-10-6-12-9(4)13-8(10)3/h6-7H,5H2,1-4H3,(H,14,15). The number of carbonyl (C=O) groups excluding carboxylic acids is 1. The van der Waals surface area contributed by atoms with Crippen molar-refractivity contribution in [2.24, 2.45) is 5.92 Å². The largest absolute Gasteiger partial charge is 0.323 e. The molecular weight excluding hydrogens is 190 g/mol. The summed E-state index contributed by atoms with van der Waals surface area (Å²) in [5.74, 6) is 1.09. The Labute approximate surface area is 90.1 Å². The lowest BCUT2D eigenvalue weighted by Gasteiger charge is -2.08. The quantitative estimate of drug-likeness (QED) is 0.825. The van der Waals surface area contributed by atoms with Gasteiger partial charge in [-0.2, -0.15) is 0 Å². The Kier molecular flexibility index (Phi) is 3.77. The van der Waals surface area contributed by atoms with Gasteiger partial charge in [0.15, 0.2) is 0 Å². The van der Waals surface area contributed by atoms with Gasteiger partial charge in [0, 0.05) is 6.42 Å². The highest BCUT2D eigenvalue weighted by molar-refractivity contribution is 5.91. The molecule has 1 aromatic rings. The molecule has 0 fully saturated rings. The maximum atomic E-state index is 11.5. The van der Waals surface area contributed by atoms with Crippen molar-refractivity contribution in [2.45, 2.75) is 34.1 Å². The Bertz CT molecular complexity index is 361. The molecule has 0 aliphatic rings. The molecule has 0 aliphatic heterocycles. The average Bonchev–Trinajstić information content (AvgIpc) is 2.08. The van der Waals surface area contributed by atoms with Crippen molar-refractivity contribution >= 4 is 11.6 Å². The molecule has 1 heterocycles. The SMILES string of the molecule is Cc1ncc(NC(=O)CC(C)C)c(C)n1. The van der Waals surface area contributed by atoms with Crippen LogP contribution in [-0.2, 0) is 4.79 Å². The van der Waals surface area contributed by atoms with Crippen LogP contribution in [-0.4, -0.2) is 15.9 Å². The van der Waals surface area contributed by atoms with E-state index >= 15 is 0 Å². The second-order valence-electron chi connectivity index (χ2n) is 4.06. The van der Waals surface area contributed by atoms with E-state index in [9.17, 15) is 4.79 Å². The van der Waals surface area contributed by atoms with Gasteiger partial charge in [-0.1, -0.05) is 13.8 Å². The molecule has 0 radical (unpaired) electrons. The number of aromatic nitrogens is 2. The second-order valence-corrected chi connectivity index (χ2v) is 4.06. The zero-order chi connectivity index (χ0) is 11.4. The molecule has 0 atom stereocenters. The van der Waals surface area contributed by atoms with Crippen LogP contribution in [0.1, 0.15) is 31.8 Å². The summed E-state index contributed by atoms with van der Waals surface area (Å²) in [6, 6.07) is 0. The molecule has 0 aliphatic carbocycles. The van der Waals surface area contributed by atoms with Gasteiger partial charge in [0.2, 0.25) is 5.91 Å². The van der Waals surface area contributed by atoms with E-state index in [1.54, 1.807) is 6.20 Å². The summed E-state index contributed by atoms with van der Waals surface area (Å²) in [6.45, 7) is 7.71. The third kappa shape index (κ3) is 3.65. The minimum absolute atomic E-state index is 0.0144. The fourth-order valence-corrected chi connectivity index (χ4v) is 1.28. The second kappa shape index (κ2) is 4.87. The van der Waals surface area contributed by atoms with Crippen LogP contribution in [0.3, 0.4) is 0 Å². The molecule has 0 saturated heterocycles. The van der Waals surface area contributed by atoms with Gasteiger partial charge in [-0.15, -0.1) is 0 Å². The Morgan fingerprint density at radius 1 is 1.47 bits per heavy atom. The van der Waals surface area contributed by atoms with Crippen molar-refractivity contribution in [3.05, 3.63) is 17.7 Å². The number of amides is 1. The van der Waals surface area contributed by atoms with E-state index in [0.717, 1.165) is 5.69 Å². The van der Waals surface area contributed by atoms with E-state index in [4.69, 9.17) is 0 Å². The van der Waals surface area contributed by atoms with Gasteiger partial charge < -0.3 is 5.32 Å². The molecule has 4 nitrogen and oxygen atoms in total. The van der Waals surface area contributed by atoms with Crippen LogP contribution < -0.4 is 5.32 Å². The Morgan fingerprint density at radius 2 is 2.13 bits per heavy atom. The van der Waals surface area contributed by atoms with Gasteiger partial charge >= 0.3 is 0 Å². The van der Waals surface area contributed by atoms with E-state index in [0.29, 0.717) is 23.9 Å². The van der Waals surface area contributed by atoms with Crippen molar-refractivity contribution in [2.75, 3.05) is 5.32 Å². The van der Waals surface area contributed by atoms with Gasteiger partial charge in [0.1, 0.15) is 5.82 Å². The molecule has 0 unspecified atom stereocenters. The Morgan fingerprint density at radius 3 is 2.67 bits per heavy atom. The predicted molar refractivity (Wildman–Crippen MR) is 59.6 cm³/mol. The lowest BCUT2D eigenvalue weighted by atomic mass is 10.1. The van der Waals surface area contributed by atoms with E-state index in [2.05, 4.69) is 15.3 Å². The number of rotatable bonds is 3. The normalized spacial score (nSPS) is 10.5. The number of nitrogens with zero attached hydrogens (tertiary/aromatic N) is 2. The smallest absolute Gasteiger partial charge is 0.224 e. The summed E-state index contributed by atoms with van der Waals surface area (Å²) < 4.78 is 0. The van der Waals surface area contributed by atoms with Crippen LogP contribution >= 0.6 is 0 Å². The third-order valence-corrected chi connectivity index (χ3v) is 1.97. The summed E-state index contributed by atoms with van der Waals surface area (Å²) in [7, 11) is 0. The van der Waals surface area contributed by atoms with Gasteiger partial charge in [0.05, 0.1) is 17.6 Å². The molecule has 0 aromatic carbocycles. The van der Waals surface area contributed by atoms with Gasteiger partial charge in [0.25, 0.3) is 0 Å². The van der Waals surface area contributed by atoms with Crippen LogP contribution in [0.5, 0.6) is 0 Å². The first kappa shape index (κ1) is 11.6. The lowest BCUT2D eigenvalue weighted by molar-refractivity contribution is -0.116. The van der Waals surface area contributed by atoms with Crippen LogP contribution in [0.25, 0.3) is 0 Å². The lowest BCUT2D eigenvalue weighted by Crippen LogP contribution is -2.15. The van der Waals surface area contributed by atoms with E-state index in [-0.39, 0.29) is 5.91 Å². The highest BCUT2D eigenvalue weighted by Gasteiger charge is 2.07. The number of hydrogen-bond donors (Lipinski definition) is 1. The minimum atomic E-state index is 0.0144. The van der Waals surface area contributed by atoms with Crippen LogP contribution in [0.15, 0.2) is 6.20 Å². The van der Waals surface area contributed by atoms with Crippen molar-refractivity contribution < 1.29 is 4.79 Å². The fourth-order valence-electron chi connectivity index (χ4n) is 1.28. The Balaban J connectivity index is 2.68. The topological polar surface area (TPSA) is 54.9 Å². The van der Waals surface area contributed by atoms with Crippen molar-refractivity contribution in [1.29, 1.82) is 0 Å². The molecule has 0 spiro atoms. The maximum absolute atomic E-state index is 11.5. The van der Waals surface area contributed by atoms with Crippen LogP contribution in [0.2, 0.25) is 0 Å². The molecule has 1 N–H and O–H groups in total. The number of carbonyl (C=O) groups is 1. The van der Waals surface area contributed by atoms with Gasteiger partial charge in [-0.3, -0.25) is 4.79 Å². The summed E-state index contributed by atoms with van der Waals surface area (Å²) >= 11 is 0. The van der Waals surface area contributed by atoms with E-state index in [1.807, 2.05) is 27.7 Å². The summed E-state index contributed by atoms with van der Waals surface area (Å²) in [4.78, 5) is 19.7. The third-order valence-electron chi connectivity index (χ3n) is 1.97. The molecular formula is C11H17N3O. The highest BCUT2D eigenvalue weighted by Crippen LogP contribution is 2.11. The van der Waals surface area contributed by atoms with E-state index in [1.165, 1.54) is 0 Å². The number of anilines is 1. The summed E-state index contributed by atoms with van der Waals surface area (Å²) in [5, 5.41) is 2.80. The van der Waals surface area contributed by atoms with Crippen LogP contribution in [0.4, 0.5) is 5.69 Å². The van der Waals surface area contributed by atoms with Crippen molar-refractivity contribution in [3.8, 4) is 0 Å². The fraction of sp³-hybridized carbons (Fsp3) is 0.545. The average molecular weight is 207 g/mol. The summed E-state index contributed by atoms with van der Waals surface area (Å²) in [6.07, 6.45) is 2.17. The molecule has 15 heavy (non-hydrogen) atoms. The zero-order valence-corrected chi connectivity index (χ0v) is 9.66. The Hall–Kier alpha value is -1.45. The molecule has 0 bridgehead atoms. The highest BCUT2D eigenvalue weighted by atomic mass is 16.1. The number of aryl methyl sites for hydroxylation is 2. The maximum Gasteiger partial charge on any atom is 0.224 e. The molecule has 1 aromatic heterocycles. The first-order chi connectivity index (χ1) is 6.99.